The molecule has 1 aliphatic rings. The van der Waals surface area contributed by atoms with E-state index < -0.39 is 12.8 Å². The first-order valence-corrected chi connectivity index (χ1v) is 4.89. The molecular weight excluding hydrogens is 211 g/mol. The highest BCUT2D eigenvalue weighted by Gasteiger charge is 2.29. The predicted octanol–water partition coefficient (Wildman–Crippen LogP) is 1.33. The average Bonchev–Trinajstić information content (AvgIpc) is 2.50. The molecule has 15 heavy (non-hydrogen) atoms. The highest BCUT2D eigenvalue weighted by atomic mass is 19.4. The van der Waals surface area contributed by atoms with E-state index in [2.05, 4.69) is 10.1 Å². The Kier molecular flexibility index (Phi) is 4.36. The third kappa shape index (κ3) is 5.34. The van der Waals surface area contributed by atoms with Gasteiger partial charge in [0.1, 0.15) is 6.61 Å². The summed E-state index contributed by atoms with van der Waals surface area (Å²) in [5, 5.41) is 3.13. The first-order valence-electron chi connectivity index (χ1n) is 4.89. The SMILES string of the molecule is CC1(NCCOCC(F)(F)F)CCOC1. The summed E-state index contributed by atoms with van der Waals surface area (Å²) in [6.07, 6.45) is -3.35. The summed E-state index contributed by atoms with van der Waals surface area (Å²) in [5.74, 6) is 0. The monoisotopic (exact) mass is 227 g/mol. The Morgan fingerprint density at radius 2 is 2.20 bits per heavy atom. The topological polar surface area (TPSA) is 30.5 Å². The van der Waals surface area contributed by atoms with Gasteiger partial charge in [-0.3, -0.25) is 0 Å². The van der Waals surface area contributed by atoms with Gasteiger partial charge in [-0.05, 0) is 13.3 Å². The summed E-state index contributed by atoms with van der Waals surface area (Å²) in [5.41, 5.74) is -0.110. The second kappa shape index (κ2) is 5.14. The van der Waals surface area contributed by atoms with Crippen LogP contribution >= 0.6 is 0 Å². The molecule has 0 aliphatic carbocycles. The smallest absolute Gasteiger partial charge is 0.379 e. The molecule has 1 aliphatic heterocycles. The van der Waals surface area contributed by atoms with Gasteiger partial charge in [-0.15, -0.1) is 0 Å². The second-order valence-corrected chi connectivity index (χ2v) is 3.96. The Balaban J connectivity index is 2.02. The van der Waals surface area contributed by atoms with E-state index >= 15 is 0 Å². The fourth-order valence-electron chi connectivity index (χ4n) is 1.42. The van der Waals surface area contributed by atoms with Crippen molar-refractivity contribution in [3.63, 3.8) is 0 Å². The Bertz CT molecular complexity index is 190. The summed E-state index contributed by atoms with van der Waals surface area (Å²) in [6, 6.07) is 0. The van der Waals surface area contributed by atoms with Crippen LogP contribution in [0.4, 0.5) is 13.2 Å². The number of nitrogens with one attached hydrogen (secondary N) is 1. The van der Waals surface area contributed by atoms with E-state index in [1.54, 1.807) is 0 Å². The predicted molar refractivity (Wildman–Crippen MR) is 48.7 cm³/mol. The van der Waals surface area contributed by atoms with E-state index in [9.17, 15) is 13.2 Å². The maximum atomic E-state index is 11.7. The van der Waals surface area contributed by atoms with Crippen molar-refractivity contribution < 1.29 is 22.6 Å². The number of halogens is 3. The lowest BCUT2D eigenvalue weighted by atomic mass is 10.0. The maximum Gasteiger partial charge on any atom is 0.411 e. The van der Waals surface area contributed by atoms with Crippen LogP contribution in [0.3, 0.4) is 0 Å². The first-order chi connectivity index (χ1) is 6.91. The average molecular weight is 227 g/mol. The zero-order valence-electron chi connectivity index (χ0n) is 8.69. The second-order valence-electron chi connectivity index (χ2n) is 3.96. The number of rotatable bonds is 5. The molecule has 90 valence electrons. The standard InChI is InChI=1S/C9H16F3NO2/c1-8(2-4-14-6-8)13-3-5-15-7-9(10,11)12/h13H,2-7H2,1H3. The molecule has 1 saturated heterocycles. The van der Waals surface area contributed by atoms with Crippen LogP contribution in [0.1, 0.15) is 13.3 Å². The molecule has 1 rings (SSSR count). The molecule has 1 unspecified atom stereocenters. The van der Waals surface area contributed by atoms with Crippen LogP contribution in [0.5, 0.6) is 0 Å². The van der Waals surface area contributed by atoms with Crippen molar-refractivity contribution in [2.75, 3.05) is 33.0 Å². The van der Waals surface area contributed by atoms with E-state index in [4.69, 9.17) is 4.74 Å². The maximum absolute atomic E-state index is 11.7. The Morgan fingerprint density at radius 3 is 2.73 bits per heavy atom. The van der Waals surface area contributed by atoms with Crippen LogP contribution < -0.4 is 5.32 Å². The van der Waals surface area contributed by atoms with E-state index in [0.29, 0.717) is 19.8 Å². The normalized spacial score (nSPS) is 27.2. The first kappa shape index (κ1) is 12.7. The minimum atomic E-state index is -4.24. The van der Waals surface area contributed by atoms with Crippen molar-refractivity contribution in [1.82, 2.24) is 5.32 Å². The van der Waals surface area contributed by atoms with Gasteiger partial charge in [0.15, 0.2) is 0 Å². The van der Waals surface area contributed by atoms with Crippen LogP contribution in [0.25, 0.3) is 0 Å². The number of ether oxygens (including phenoxy) is 2. The van der Waals surface area contributed by atoms with Crippen molar-refractivity contribution in [2.45, 2.75) is 25.1 Å². The molecule has 1 atom stereocenters. The zero-order chi connectivity index (χ0) is 11.4. The van der Waals surface area contributed by atoms with Crippen LogP contribution in [0.15, 0.2) is 0 Å². The molecule has 3 nitrogen and oxygen atoms in total. The van der Waals surface area contributed by atoms with Gasteiger partial charge in [0.2, 0.25) is 0 Å². The lowest BCUT2D eigenvalue weighted by Gasteiger charge is -2.23. The van der Waals surface area contributed by atoms with Crippen molar-refractivity contribution >= 4 is 0 Å². The van der Waals surface area contributed by atoms with E-state index in [-0.39, 0.29) is 12.1 Å². The lowest BCUT2D eigenvalue weighted by Crippen LogP contribution is -2.44. The Labute approximate surface area is 86.9 Å². The molecule has 6 heteroatoms. The minimum Gasteiger partial charge on any atom is -0.379 e. The molecule has 1 heterocycles. The Morgan fingerprint density at radius 1 is 1.47 bits per heavy atom. The lowest BCUT2D eigenvalue weighted by molar-refractivity contribution is -0.173. The molecule has 0 bridgehead atoms. The van der Waals surface area contributed by atoms with Crippen molar-refractivity contribution in [2.24, 2.45) is 0 Å². The molecule has 0 aromatic heterocycles. The summed E-state index contributed by atoms with van der Waals surface area (Å²) in [6.45, 7) is 2.59. The van der Waals surface area contributed by atoms with Gasteiger partial charge in [0.05, 0.1) is 13.2 Å². The molecule has 0 aromatic carbocycles. The van der Waals surface area contributed by atoms with Gasteiger partial charge in [-0.1, -0.05) is 0 Å². The third-order valence-electron chi connectivity index (χ3n) is 2.28. The molecular formula is C9H16F3NO2. The van der Waals surface area contributed by atoms with E-state index in [1.165, 1.54) is 0 Å². The molecule has 0 radical (unpaired) electrons. The summed E-state index contributed by atoms with van der Waals surface area (Å²) >= 11 is 0. The molecule has 0 saturated carbocycles. The van der Waals surface area contributed by atoms with Crippen molar-refractivity contribution in [3.05, 3.63) is 0 Å². The highest BCUT2D eigenvalue weighted by molar-refractivity contribution is 4.86. The number of alkyl halides is 3. The van der Waals surface area contributed by atoms with Gasteiger partial charge >= 0.3 is 6.18 Å². The fraction of sp³-hybridized carbons (Fsp3) is 1.00. The summed E-state index contributed by atoms with van der Waals surface area (Å²) < 4.78 is 44.7. The summed E-state index contributed by atoms with van der Waals surface area (Å²) in [4.78, 5) is 0. The summed E-state index contributed by atoms with van der Waals surface area (Å²) in [7, 11) is 0. The molecule has 0 aromatic rings. The van der Waals surface area contributed by atoms with E-state index in [0.717, 1.165) is 6.42 Å². The van der Waals surface area contributed by atoms with E-state index in [1.807, 2.05) is 6.92 Å². The van der Waals surface area contributed by atoms with Crippen molar-refractivity contribution in [3.8, 4) is 0 Å². The van der Waals surface area contributed by atoms with Crippen LogP contribution in [-0.2, 0) is 9.47 Å². The van der Waals surface area contributed by atoms with Gasteiger partial charge < -0.3 is 14.8 Å². The van der Waals surface area contributed by atoms with Gasteiger partial charge in [-0.2, -0.15) is 13.2 Å². The number of hydrogen-bond donors (Lipinski definition) is 1. The van der Waals surface area contributed by atoms with Gasteiger partial charge in [0.25, 0.3) is 0 Å². The van der Waals surface area contributed by atoms with Gasteiger partial charge in [-0.25, -0.2) is 0 Å². The molecule has 1 N–H and O–H groups in total. The number of hydrogen-bond acceptors (Lipinski definition) is 3. The zero-order valence-corrected chi connectivity index (χ0v) is 8.69. The Hall–Kier alpha value is -0.330. The highest BCUT2D eigenvalue weighted by Crippen LogP contribution is 2.17. The van der Waals surface area contributed by atoms with Crippen LogP contribution in [-0.4, -0.2) is 44.7 Å². The molecule has 1 fully saturated rings. The van der Waals surface area contributed by atoms with Crippen LogP contribution in [0.2, 0.25) is 0 Å². The minimum absolute atomic E-state index is 0.0646. The quantitative estimate of drug-likeness (QED) is 0.719. The van der Waals surface area contributed by atoms with Crippen LogP contribution in [0, 0.1) is 0 Å². The molecule has 0 amide bonds. The van der Waals surface area contributed by atoms with Crippen molar-refractivity contribution in [1.29, 1.82) is 0 Å². The third-order valence-corrected chi connectivity index (χ3v) is 2.28. The van der Waals surface area contributed by atoms with Gasteiger partial charge in [0, 0.05) is 18.7 Å². The fourth-order valence-corrected chi connectivity index (χ4v) is 1.42. The largest absolute Gasteiger partial charge is 0.411 e. The molecule has 0 spiro atoms.